The van der Waals surface area contributed by atoms with Gasteiger partial charge in [0.25, 0.3) is 0 Å². The molecule has 0 aliphatic rings. The number of aromatic nitrogens is 3. The number of hydrogen-bond donors (Lipinski definition) is 2. The zero-order valence-electron chi connectivity index (χ0n) is 16.3. The predicted molar refractivity (Wildman–Crippen MR) is 113 cm³/mol. The summed E-state index contributed by atoms with van der Waals surface area (Å²) in [6, 6.07) is 13.3. The summed E-state index contributed by atoms with van der Waals surface area (Å²) in [4.78, 5) is 15.4. The molecule has 154 valence electrons. The lowest BCUT2D eigenvalue weighted by Gasteiger charge is -2.06. The normalized spacial score (nSPS) is 10.7. The molecule has 4 aromatic rings. The summed E-state index contributed by atoms with van der Waals surface area (Å²) in [7, 11) is 1.62. The summed E-state index contributed by atoms with van der Waals surface area (Å²) >= 11 is 1.47. The van der Waals surface area contributed by atoms with Crippen molar-refractivity contribution >= 4 is 38.6 Å². The van der Waals surface area contributed by atoms with E-state index in [9.17, 15) is 4.79 Å². The molecule has 0 atom stereocenters. The fraction of sp³-hybridized carbons (Fsp3) is 0.200. The second kappa shape index (κ2) is 8.78. The van der Waals surface area contributed by atoms with Gasteiger partial charge >= 0.3 is 6.01 Å². The van der Waals surface area contributed by atoms with Crippen molar-refractivity contribution in [3.63, 3.8) is 0 Å². The van der Waals surface area contributed by atoms with E-state index >= 15 is 0 Å². The Labute approximate surface area is 176 Å². The van der Waals surface area contributed by atoms with Crippen LogP contribution in [0, 0.1) is 0 Å². The van der Waals surface area contributed by atoms with Gasteiger partial charge in [0.1, 0.15) is 23.6 Å². The molecule has 0 aliphatic heterocycles. The first-order valence-electron chi connectivity index (χ1n) is 9.14. The van der Waals surface area contributed by atoms with Crippen LogP contribution in [0.2, 0.25) is 0 Å². The number of fused-ring (bicyclic) bond motifs is 1. The Morgan fingerprint density at radius 1 is 1.17 bits per heavy atom. The molecule has 2 aromatic heterocycles. The van der Waals surface area contributed by atoms with Crippen molar-refractivity contribution in [1.29, 1.82) is 0 Å². The molecule has 0 radical (unpaired) electrons. The topological polar surface area (TPSA) is 111 Å². The lowest BCUT2D eigenvalue weighted by molar-refractivity contribution is -0.119. The number of ether oxygens (including phenoxy) is 2. The van der Waals surface area contributed by atoms with Crippen LogP contribution in [-0.4, -0.2) is 41.3 Å². The largest absolute Gasteiger partial charge is 0.494 e. The molecular formula is C20H19N5O4S. The van der Waals surface area contributed by atoms with Gasteiger partial charge in [0.15, 0.2) is 5.13 Å². The number of methoxy groups -OCH3 is 1. The van der Waals surface area contributed by atoms with Crippen LogP contribution in [0.25, 0.3) is 21.7 Å². The van der Waals surface area contributed by atoms with Crippen molar-refractivity contribution < 1.29 is 18.7 Å². The van der Waals surface area contributed by atoms with Crippen molar-refractivity contribution in [3.05, 3.63) is 42.5 Å². The molecule has 0 bridgehead atoms. The highest BCUT2D eigenvalue weighted by Crippen LogP contribution is 2.33. The summed E-state index contributed by atoms with van der Waals surface area (Å²) in [5.74, 6) is 1.69. The Hall–Kier alpha value is -3.66. The number of hydrogen-bond acceptors (Lipinski definition) is 9. The number of anilines is 2. The number of rotatable bonds is 8. The first-order chi connectivity index (χ1) is 14.6. The average Bonchev–Trinajstić information content (AvgIpc) is 3.38. The van der Waals surface area contributed by atoms with Crippen molar-refractivity contribution in [1.82, 2.24) is 20.5 Å². The Bertz CT molecular complexity index is 1160. The molecule has 2 heterocycles. The van der Waals surface area contributed by atoms with Gasteiger partial charge in [0, 0.05) is 12.5 Å². The summed E-state index contributed by atoms with van der Waals surface area (Å²) in [6.07, 6.45) is 0. The molecule has 2 aromatic carbocycles. The molecule has 0 spiro atoms. The number of amides is 1. The number of benzene rings is 2. The van der Waals surface area contributed by atoms with E-state index in [0.29, 0.717) is 35.7 Å². The van der Waals surface area contributed by atoms with Crippen molar-refractivity contribution in [2.24, 2.45) is 0 Å². The van der Waals surface area contributed by atoms with Gasteiger partial charge in [-0.3, -0.25) is 10.1 Å². The minimum absolute atomic E-state index is 0.0836. The molecule has 30 heavy (non-hydrogen) atoms. The number of nitrogens with one attached hydrogen (secondary N) is 2. The lowest BCUT2D eigenvalue weighted by Crippen LogP contribution is -2.25. The van der Waals surface area contributed by atoms with Gasteiger partial charge in [0.05, 0.1) is 18.4 Å². The molecule has 9 nitrogen and oxygen atoms in total. The van der Waals surface area contributed by atoms with Crippen molar-refractivity contribution in [3.8, 4) is 23.0 Å². The fourth-order valence-corrected chi connectivity index (χ4v) is 3.59. The van der Waals surface area contributed by atoms with Crippen LogP contribution in [0.5, 0.6) is 11.5 Å². The van der Waals surface area contributed by atoms with Crippen LogP contribution in [0.3, 0.4) is 0 Å². The Kier molecular flexibility index (Phi) is 5.75. The molecular weight excluding hydrogens is 406 g/mol. The van der Waals surface area contributed by atoms with Crippen molar-refractivity contribution in [2.75, 3.05) is 25.6 Å². The molecule has 4 rings (SSSR count). The monoisotopic (exact) mass is 425 g/mol. The maximum atomic E-state index is 10.8. The van der Waals surface area contributed by atoms with Gasteiger partial charge in [0.2, 0.25) is 11.8 Å². The van der Waals surface area contributed by atoms with E-state index in [1.54, 1.807) is 19.2 Å². The van der Waals surface area contributed by atoms with Crippen LogP contribution >= 0.6 is 11.3 Å². The molecule has 1 amide bonds. The van der Waals surface area contributed by atoms with E-state index in [-0.39, 0.29) is 11.9 Å². The highest BCUT2D eigenvalue weighted by molar-refractivity contribution is 7.22. The zero-order chi connectivity index (χ0) is 20.9. The highest BCUT2D eigenvalue weighted by Gasteiger charge is 2.13. The molecule has 0 saturated heterocycles. The Morgan fingerprint density at radius 3 is 2.77 bits per heavy atom. The number of carbonyl (C=O) groups is 1. The third-order valence-electron chi connectivity index (χ3n) is 4.09. The zero-order valence-corrected chi connectivity index (χ0v) is 17.2. The first kappa shape index (κ1) is 19.6. The smallest absolute Gasteiger partial charge is 0.322 e. The van der Waals surface area contributed by atoms with E-state index in [0.717, 1.165) is 15.8 Å². The average molecular weight is 425 g/mol. The lowest BCUT2D eigenvalue weighted by atomic mass is 10.2. The van der Waals surface area contributed by atoms with E-state index < -0.39 is 0 Å². The van der Waals surface area contributed by atoms with Gasteiger partial charge in [-0.05, 0) is 36.4 Å². The maximum absolute atomic E-state index is 10.8. The minimum Gasteiger partial charge on any atom is -0.494 e. The van der Waals surface area contributed by atoms with Crippen LogP contribution in [0.4, 0.5) is 11.1 Å². The summed E-state index contributed by atoms with van der Waals surface area (Å²) in [5.41, 5.74) is 1.54. The first-order valence-corrected chi connectivity index (χ1v) is 9.96. The number of nitrogens with zero attached hydrogens (tertiary/aromatic N) is 3. The van der Waals surface area contributed by atoms with Gasteiger partial charge in [-0.2, -0.15) is 0 Å². The van der Waals surface area contributed by atoms with Crippen LogP contribution in [0.1, 0.15) is 6.92 Å². The quantitative estimate of drug-likeness (QED) is 0.412. The molecule has 0 fully saturated rings. The highest BCUT2D eigenvalue weighted by atomic mass is 32.1. The third-order valence-corrected chi connectivity index (χ3v) is 5.02. The van der Waals surface area contributed by atoms with E-state index in [2.05, 4.69) is 25.8 Å². The molecule has 2 N–H and O–H groups in total. The third kappa shape index (κ3) is 4.49. The Morgan fingerprint density at radius 2 is 2.00 bits per heavy atom. The van der Waals surface area contributed by atoms with Gasteiger partial charge in [-0.25, -0.2) is 4.98 Å². The Balaban J connectivity index is 1.41. The van der Waals surface area contributed by atoms with Crippen molar-refractivity contribution in [2.45, 2.75) is 6.92 Å². The SMILES string of the molecule is COc1cccc2sc(Nc3nnc(-c4ccc(OCCNC(C)=O)cc4)o3)nc12. The molecule has 0 unspecified atom stereocenters. The van der Waals surface area contributed by atoms with Crippen LogP contribution < -0.4 is 20.1 Å². The number of thiazole rings is 1. The van der Waals surface area contributed by atoms with Crippen LogP contribution in [0.15, 0.2) is 46.9 Å². The summed E-state index contributed by atoms with van der Waals surface area (Å²) < 4.78 is 17.6. The summed E-state index contributed by atoms with van der Waals surface area (Å²) in [6.45, 7) is 2.31. The standard InChI is InChI=1S/C20H19N5O4S/c1-12(26)21-10-11-28-14-8-6-13(7-9-14)18-24-25-19(29-18)23-20-22-17-15(27-2)4-3-5-16(17)30-20/h3-9H,10-11H2,1-2H3,(H,21,26)(H,22,23,25). The van der Waals surface area contributed by atoms with Gasteiger partial charge in [-0.1, -0.05) is 22.5 Å². The molecule has 0 saturated carbocycles. The number of para-hydroxylation sites is 1. The van der Waals surface area contributed by atoms with E-state index in [1.807, 2.05) is 30.3 Å². The predicted octanol–water partition coefficient (Wildman–Crippen LogP) is 3.61. The molecule has 0 aliphatic carbocycles. The minimum atomic E-state index is -0.0836. The summed E-state index contributed by atoms with van der Waals surface area (Å²) in [5, 5.41) is 14.5. The second-order valence-corrected chi connectivity index (χ2v) is 7.25. The van der Waals surface area contributed by atoms with Gasteiger partial charge < -0.3 is 19.2 Å². The van der Waals surface area contributed by atoms with Crippen LogP contribution in [-0.2, 0) is 4.79 Å². The number of carbonyl (C=O) groups excluding carboxylic acids is 1. The fourth-order valence-electron chi connectivity index (χ4n) is 2.71. The second-order valence-electron chi connectivity index (χ2n) is 6.22. The van der Waals surface area contributed by atoms with E-state index in [1.165, 1.54) is 18.3 Å². The maximum Gasteiger partial charge on any atom is 0.322 e. The van der Waals surface area contributed by atoms with E-state index in [4.69, 9.17) is 13.9 Å². The van der Waals surface area contributed by atoms with Gasteiger partial charge in [-0.15, -0.1) is 5.10 Å². The molecule has 10 heteroatoms.